The van der Waals surface area contributed by atoms with Crippen molar-refractivity contribution < 1.29 is 9.15 Å². The number of para-hydroxylation sites is 2. The van der Waals surface area contributed by atoms with Crippen LogP contribution in [0.2, 0.25) is 0 Å². The van der Waals surface area contributed by atoms with Gasteiger partial charge in [0.05, 0.1) is 0 Å². The lowest BCUT2D eigenvalue weighted by molar-refractivity contribution is 0.264. The molecule has 0 aliphatic rings. The predicted molar refractivity (Wildman–Crippen MR) is 88.6 cm³/mol. The van der Waals surface area contributed by atoms with Gasteiger partial charge in [0.1, 0.15) is 11.3 Å². The molecule has 4 rings (SSSR count). The van der Waals surface area contributed by atoms with Crippen LogP contribution in [0, 0.1) is 0 Å². The van der Waals surface area contributed by atoms with Crippen LogP contribution in [0.4, 0.5) is 0 Å². The molecule has 2 aromatic heterocycles. The summed E-state index contributed by atoms with van der Waals surface area (Å²) in [6.45, 7) is 0.141. The summed E-state index contributed by atoms with van der Waals surface area (Å²) in [6.07, 6.45) is 0. The Bertz CT molecular complexity index is 1040. The monoisotopic (exact) mass is 319 g/mol. The average Bonchev–Trinajstić information content (AvgIpc) is 3.09. The summed E-state index contributed by atoms with van der Waals surface area (Å²) >= 11 is 0. The summed E-state index contributed by atoms with van der Waals surface area (Å²) in [5.41, 5.74) is 0.832. The molecule has 0 unspecified atom stereocenters. The molecule has 0 amide bonds. The topological polar surface area (TPSA) is 81.0 Å². The second-order valence-electron chi connectivity index (χ2n) is 5.20. The van der Waals surface area contributed by atoms with Gasteiger partial charge in [0.15, 0.2) is 6.61 Å². The molecule has 0 aliphatic heterocycles. The lowest BCUT2D eigenvalue weighted by atomic mass is 10.1. The molecule has 0 radical (unpaired) electrons. The molecule has 1 N–H and O–H groups in total. The van der Waals surface area contributed by atoms with Gasteiger partial charge in [0.2, 0.25) is 0 Å². The molecule has 0 fully saturated rings. The number of benzene rings is 2. The lowest BCUT2D eigenvalue weighted by Crippen LogP contribution is -2.08. The molecule has 2 aromatic carbocycles. The fourth-order valence-corrected chi connectivity index (χ4v) is 2.39. The lowest BCUT2D eigenvalue weighted by Gasteiger charge is -2.01. The van der Waals surface area contributed by atoms with Crippen molar-refractivity contribution in [3.8, 4) is 17.2 Å². The van der Waals surface area contributed by atoms with Crippen molar-refractivity contribution in [2.75, 3.05) is 0 Å². The van der Waals surface area contributed by atoms with Gasteiger partial charge >= 0.3 is 0 Å². The highest BCUT2D eigenvalue weighted by atomic mass is 16.5. The molecule has 6 nitrogen and oxygen atoms in total. The van der Waals surface area contributed by atoms with Crippen molar-refractivity contribution in [3.63, 3.8) is 0 Å². The van der Waals surface area contributed by atoms with E-state index in [2.05, 4.69) is 15.2 Å². The predicted octanol–water partition coefficient (Wildman–Crippen LogP) is 3.16. The first-order chi connectivity index (χ1) is 11.8. The van der Waals surface area contributed by atoms with E-state index in [0.717, 1.165) is 10.9 Å². The number of hydrogen-bond acceptors (Lipinski definition) is 5. The molecule has 0 atom stereocenters. The smallest absolute Gasteiger partial charge is 0.261 e. The molecule has 6 heteroatoms. The van der Waals surface area contributed by atoms with Gasteiger partial charge < -0.3 is 14.1 Å². The van der Waals surface area contributed by atoms with Gasteiger partial charge in [0.25, 0.3) is 17.3 Å². The first kappa shape index (κ1) is 14.2. The molecule has 0 bridgehead atoms. The van der Waals surface area contributed by atoms with Crippen LogP contribution >= 0.6 is 0 Å². The molecule has 0 spiro atoms. The Morgan fingerprint density at radius 1 is 1.00 bits per heavy atom. The zero-order valence-corrected chi connectivity index (χ0v) is 12.6. The number of H-pyrrole nitrogens is 1. The van der Waals surface area contributed by atoms with Gasteiger partial charge in [-0.05, 0) is 29.7 Å². The largest absolute Gasteiger partial charge is 0.484 e. The molecule has 0 saturated heterocycles. The fraction of sp³-hybridized carbons (Fsp3) is 0.0556. The molecule has 24 heavy (non-hydrogen) atoms. The van der Waals surface area contributed by atoms with Crippen LogP contribution < -0.4 is 10.3 Å². The van der Waals surface area contributed by atoms with E-state index in [9.17, 15) is 4.79 Å². The van der Waals surface area contributed by atoms with Crippen molar-refractivity contribution in [3.05, 3.63) is 76.9 Å². The Morgan fingerprint density at radius 2 is 1.79 bits per heavy atom. The van der Waals surface area contributed by atoms with Crippen molar-refractivity contribution >= 4 is 10.9 Å². The van der Waals surface area contributed by atoms with Gasteiger partial charge in [-0.15, -0.1) is 10.2 Å². The molecular formula is C18H13N3O3. The maximum atomic E-state index is 12.2. The zero-order valence-electron chi connectivity index (χ0n) is 12.6. The summed E-state index contributed by atoms with van der Waals surface area (Å²) in [5.74, 6) is 1.19. The summed E-state index contributed by atoms with van der Waals surface area (Å²) in [4.78, 5) is 15.0. The van der Waals surface area contributed by atoms with E-state index in [4.69, 9.17) is 9.15 Å². The van der Waals surface area contributed by atoms with Crippen LogP contribution in [-0.2, 0) is 6.61 Å². The minimum absolute atomic E-state index is 0.141. The van der Waals surface area contributed by atoms with Gasteiger partial charge in [-0.1, -0.05) is 36.4 Å². The van der Waals surface area contributed by atoms with Crippen molar-refractivity contribution in [2.45, 2.75) is 6.61 Å². The average molecular weight is 319 g/mol. The van der Waals surface area contributed by atoms with E-state index in [1.165, 1.54) is 0 Å². The van der Waals surface area contributed by atoms with E-state index < -0.39 is 0 Å². The molecule has 0 saturated carbocycles. The highest BCUT2D eigenvalue weighted by molar-refractivity contribution is 5.81. The maximum absolute atomic E-state index is 12.2. The molecule has 118 valence electrons. The summed E-state index contributed by atoms with van der Waals surface area (Å²) in [5, 5.41) is 8.78. The molecule has 4 aromatic rings. The van der Waals surface area contributed by atoms with Crippen LogP contribution in [-0.4, -0.2) is 15.2 Å². The SMILES string of the molecule is O=c1[nH]c2ccccc2cc1-c1nnc(COc2ccccc2)o1. The van der Waals surface area contributed by atoms with Crippen molar-refractivity contribution in [1.82, 2.24) is 15.2 Å². The summed E-state index contributed by atoms with van der Waals surface area (Å²) in [6, 6.07) is 18.6. The Balaban J connectivity index is 1.60. The first-order valence-electron chi connectivity index (χ1n) is 7.42. The third kappa shape index (κ3) is 2.77. The Morgan fingerprint density at radius 3 is 2.67 bits per heavy atom. The van der Waals surface area contributed by atoms with E-state index in [-0.39, 0.29) is 18.1 Å². The third-order valence-electron chi connectivity index (χ3n) is 3.56. The number of nitrogens with one attached hydrogen (secondary N) is 1. The molecule has 0 aliphatic carbocycles. The first-order valence-corrected chi connectivity index (χ1v) is 7.42. The van der Waals surface area contributed by atoms with E-state index >= 15 is 0 Å². The van der Waals surface area contributed by atoms with E-state index in [1.54, 1.807) is 6.07 Å². The van der Waals surface area contributed by atoms with Crippen LogP contribution in [0.5, 0.6) is 5.75 Å². The summed E-state index contributed by atoms with van der Waals surface area (Å²) in [7, 11) is 0. The van der Waals surface area contributed by atoms with Crippen molar-refractivity contribution in [2.24, 2.45) is 0 Å². The normalized spacial score (nSPS) is 10.8. The molecule has 2 heterocycles. The second kappa shape index (κ2) is 6.00. The van der Waals surface area contributed by atoms with Gasteiger partial charge in [-0.25, -0.2) is 0 Å². The Labute approximate surface area is 136 Å². The van der Waals surface area contributed by atoms with Crippen LogP contribution in [0.25, 0.3) is 22.4 Å². The quantitative estimate of drug-likeness (QED) is 0.625. The second-order valence-corrected chi connectivity index (χ2v) is 5.20. The van der Waals surface area contributed by atoms with Gasteiger partial charge in [-0.3, -0.25) is 4.79 Å². The number of ether oxygens (including phenoxy) is 1. The minimum Gasteiger partial charge on any atom is -0.484 e. The minimum atomic E-state index is -0.270. The zero-order chi connectivity index (χ0) is 16.4. The third-order valence-corrected chi connectivity index (χ3v) is 3.56. The van der Waals surface area contributed by atoms with Gasteiger partial charge in [-0.2, -0.15) is 0 Å². The highest BCUT2D eigenvalue weighted by Gasteiger charge is 2.13. The highest BCUT2D eigenvalue weighted by Crippen LogP contribution is 2.19. The number of fused-ring (bicyclic) bond motifs is 1. The fourth-order valence-electron chi connectivity index (χ4n) is 2.39. The number of aromatic nitrogens is 3. The van der Waals surface area contributed by atoms with Crippen LogP contribution in [0.1, 0.15) is 5.89 Å². The number of nitrogens with zero attached hydrogens (tertiary/aromatic N) is 2. The maximum Gasteiger partial charge on any atom is 0.261 e. The molecular weight excluding hydrogens is 306 g/mol. The van der Waals surface area contributed by atoms with E-state index in [1.807, 2.05) is 54.6 Å². The Kier molecular flexibility index (Phi) is 3.55. The number of hydrogen-bond donors (Lipinski definition) is 1. The number of rotatable bonds is 4. The van der Waals surface area contributed by atoms with Crippen LogP contribution in [0.3, 0.4) is 0 Å². The standard InChI is InChI=1S/C18H13N3O3/c22-17-14(10-12-6-4-5-9-15(12)19-17)18-21-20-16(24-18)11-23-13-7-2-1-3-8-13/h1-10H,11H2,(H,19,22). The summed E-state index contributed by atoms with van der Waals surface area (Å²) < 4.78 is 11.1. The van der Waals surface area contributed by atoms with Crippen molar-refractivity contribution in [1.29, 1.82) is 0 Å². The number of aromatic amines is 1. The van der Waals surface area contributed by atoms with E-state index in [0.29, 0.717) is 17.2 Å². The number of pyridine rings is 1. The van der Waals surface area contributed by atoms with Crippen LogP contribution in [0.15, 0.2) is 69.9 Å². The Hall–Kier alpha value is -3.41. The van der Waals surface area contributed by atoms with Gasteiger partial charge in [0, 0.05) is 5.52 Å².